The van der Waals surface area contributed by atoms with Gasteiger partial charge in [-0.1, -0.05) is 20.3 Å². The molecule has 0 aromatic carbocycles. The van der Waals surface area contributed by atoms with Crippen LogP contribution in [0.25, 0.3) is 0 Å². The Hall–Kier alpha value is -1.05. The Kier molecular flexibility index (Phi) is 2.90. The molecule has 4 rings (SSSR count). The van der Waals surface area contributed by atoms with Crippen molar-refractivity contribution in [3.8, 4) is 0 Å². The van der Waals surface area contributed by atoms with Crippen LogP contribution in [0.4, 0.5) is 0 Å². The molecule has 4 unspecified atom stereocenters. The highest BCUT2D eigenvalue weighted by atomic mass is 16.1. The summed E-state index contributed by atoms with van der Waals surface area (Å²) >= 11 is 0. The van der Waals surface area contributed by atoms with Gasteiger partial charge in [-0.2, -0.15) is 0 Å². The van der Waals surface area contributed by atoms with Crippen molar-refractivity contribution in [2.75, 3.05) is 0 Å². The monoisotopic (exact) mass is 285 g/mol. The Morgan fingerprint density at radius 1 is 1.24 bits per heavy atom. The fourth-order valence-corrected chi connectivity index (χ4v) is 5.44. The SMILES string of the molecule is CC(C1CC2CCC1C2)n1ccc2c1CC(C)(C)CC2=O. The van der Waals surface area contributed by atoms with Gasteiger partial charge in [0.15, 0.2) is 5.78 Å². The van der Waals surface area contributed by atoms with E-state index in [4.69, 9.17) is 0 Å². The number of aromatic nitrogens is 1. The lowest BCUT2D eigenvalue weighted by molar-refractivity contribution is 0.0908. The summed E-state index contributed by atoms with van der Waals surface area (Å²) in [6.07, 6.45) is 9.72. The fraction of sp³-hybridized carbons (Fsp3) is 0.737. The van der Waals surface area contributed by atoms with Crippen LogP contribution < -0.4 is 0 Å². The molecule has 3 aliphatic carbocycles. The topological polar surface area (TPSA) is 22.0 Å². The van der Waals surface area contributed by atoms with Crippen LogP contribution in [0.1, 0.15) is 75.0 Å². The molecule has 2 fully saturated rings. The van der Waals surface area contributed by atoms with Crippen LogP contribution in [0.15, 0.2) is 12.3 Å². The zero-order valence-corrected chi connectivity index (χ0v) is 13.6. The Balaban J connectivity index is 1.66. The maximum absolute atomic E-state index is 12.4. The number of hydrogen-bond acceptors (Lipinski definition) is 1. The van der Waals surface area contributed by atoms with Gasteiger partial charge in [0, 0.05) is 29.9 Å². The minimum absolute atomic E-state index is 0.120. The normalized spacial score (nSPS) is 35.0. The van der Waals surface area contributed by atoms with Gasteiger partial charge < -0.3 is 4.57 Å². The highest BCUT2D eigenvalue weighted by molar-refractivity contribution is 5.98. The fourth-order valence-electron chi connectivity index (χ4n) is 5.44. The van der Waals surface area contributed by atoms with Crippen LogP contribution >= 0.6 is 0 Å². The van der Waals surface area contributed by atoms with E-state index in [1.54, 1.807) is 0 Å². The van der Waals surface area contributed by atoms with Gasteiger partial charge in [0.05, 0.1) is 0 Å². The van der Waals surface area contributed by atoms with Crippen molar-refractivity contribution in [2.24, 2.45) is 23.2 Å². The van der Waals surface area contributed by atoms with Gasteiger partial charge in [0.1, 0.15) is 0 Å². The van der Waals surface area contributed by atoms with Crippen molar-refractivity contribution in [2.45, 2.75) is 65.3 Å². The van der Waals surface area contributed by atoms with Gasteiger partial charge >= 0.3 is 0 Å². The molecular weight excluding hydrogens is 258 g/mol. The van der Waals surface area contributed by atoms with Crippen LogP contribution in [0.2, 0.25) is 0 Å². The molecular formula is C19H27NO. The Labute approximate surface area is 127 Å². The molecule has 1 aromatic rings. The lowest BCUT2D eigenvalue weighted by Crippen LogP contribution is -2.30. The molecule has 3 aliphatic rings. The molecule has 0 amide bonds. The predicted octanol–water partition coefficient (Wildman–Crippen LogP) is 4.64. The minimum Gasteiger partial charge on any atom is -0.348 e. The highest BCUT2D eigenvalue weighted by Crippen LogP contribution is 2.52. The number of rotatable bonds is 2. The van der Waals surface area contributed by atoms with E-state index in [1.165, 1.54) is 31.4 Å². The van der Waals surface area contributed by atoms with Gasteiger partial charge in [-0.3, -0.25) is 4.79 Å². The second-order valence-corrected chi connectivity index (χ2v) is 8.60. The number of carbonyl (C=O) groups excluding carboxylic acids is 1. The smallest absolute Gasteiger partial charge is 0.165 e. The van der Waals surface area contributed by atoms with Crippen LogP contribution in [-0.4, -0.2) is 10.4 Å². The van der Waals surface area contributed by atoms with E-state index in [-0.39, 0.29) is 5.41 Å². The summed E-state index contributed by atoms with van der Waals surface area (Å²) in [6.45, 7) is 6.85. The molecule has 0 spiro atoms. The molecule has 0 N–H and O–H groups in total. The Morgan fingerprint density at radius 3 is 2.71 bits per heavy atom. The maximum atomic E-state index is 12.4. The van der Waals surface area contributed by atoms with E-state index in [2.05, 4.69) is 37.6 Å². The lowest BCUT2D eigenvalue weighted by atomic mass is 9.76. The highest BCUT2D eigenvalue weighted by Gasteiger charge is 2.43. The van der Waals surface area contributed by atoms with Crippen molar-refractivity contribution < 1.29 is 4.79 Å². The first-order valence-electron chi connectivity index (χ1n) is 8.67. The number of fused-ring (bicyclic) bond motifs is 3. The average Bonchev–Trinajstić information content (AvgIpc) is 3.10. The molecule has 1 aromatic heterocycles. The zero-order chi connectivity index (χ0) is 14.8. The van der Waals surface area contributed by atoms with Crippen molar-refractivity contribution >= 4 is 5.78 Å². The number of hydrogen-bond donors (Lipinski definition) is 0. The summed E-state index contributed by atoms with van der Waals surface area (Å²) in [4.78, 5) is 12.4. The van der Waals surface area contributed by atoms with Crippen molar-refractivity contribution in [1.29, 1.82) is 0 Å². The first-order chi connectivity index (χ1) is 9.94. The summed E-state index contributed by atoms with van der Waals surface area (Å²) in [5.74, 6) is 3.11. The third-order valence-electron chi connectivity index (χ3n) is 6.46. The minimum atomic E-state index is 0.120. The van der Waals surface area contributed by atoms with E-state index in [1.807, 2.05) is 0 Å². The van der Waals surface area contributed by atoms with Crippen LogP contribution in [-0.2, 0) is 6.42 Å². The largest absolute Gasteiger partial charge is 0.348 e. The average molecular weight is 285 g/mol. The molecule has 1 heterocycles. The van der Waals surface area contributed by atoms with Crippen LogP contribution in [0, 0.1) is 23.2 Å². The van der Waals surface area contributed by atoms with E-state index < -0.39 is 0 Å². The summed E-state index contributed by atoms with van der Waals surface area (Å²) in [6, 6.07) is 2.64. The van der Waals surface area contributed by atoms with E-state index in [0.717, 1.165) is 29.7 Å². The molecule has 2 nitrogen and oxygen atoms in total. The number of carbonyl (C=O) groups is 1. The first-order valence-corrected chi connectivity index (χ1v) is 8.67. The molecule has 0 aliphatic heterocycles. The molecule has 114 valence electrons. The summed E-state index contributed by atoms with van der Waals surface area (Å²) < 4.78 is 2.46. The van der Waals surface area contributed by atoms with Gasteiger partial charge in [0.25, 0.3) is 0 Å². The molecule has 2 bridgehead atoms. The van der Waals surface area contributed by atoms with E-state index in [0.29, 0.717) is 18.2 Å². The van der Waals surface area contributed by atoms with E-state index >= 15 is 0 Å². The van der Waals surface area contributed by atoms with Gasteiger partial charge in [-0.05, 0) is 61.8 Å². The predicted molar refractivity (Wildman–Crippen MR) is 84.5 cm³/mol. The molecule has 0 radical (unpaired) electrons. The molecule has 21 heavy (non-hydrogen) atoms. The first kappa shape index (κ1) is 13.6. The summed E-state index contributed by atoms with van der Waals surface area (Å²) in [7, 11) is 0. The van der Waals surface area contributed by atoms with Crippen LogP contribution in [0.3, 0.4) is 0 Å². The number of ketones is 1. The van der Waals surface area contributed by atoms with Crippen molar-refractivity contribution in [3.63, 3.8) is 0 Å². The molecule has 2 heteroatoms. The maximum Gasteiger partial charge on any atom is 0.165 e. The number of Topliss-reactive ketones (excluding diaryl/α,β-unsaturated/α-hetero) is 1. The molecule has 4 atom stereocenters. The number of nitrogens with zero attached hydrogens (tertiary/aromatic N) is 1. The van der Waals surface area contributed by atoms with Gasteiger partial charge in [-0.15, -0.1) is 0 Å². The Bertz CT molecular complexity index is 582. The van der Waals surface area contributed by atoms with Gasteiger partial charge in [0.2, 0.25) is 0 Å². The molecule has 2 saturated carbocycles. The standard InChI is InChI=1S/C19H27NO/c1-12(16-9-13-4-5-14(16)8-13)20-7-6-15-17(20)10-19(2,3)11-18(15)21/h6-7,12-14,16H,4-5,8-11H2,1-3H3. The third-order valence-corrected chi connectivity index (χ3v) is 6.46. The zero-order valence-electron chi connectivity index (χ0n) is 13.6. The second kappa shape index (κ2) is 4.47. The van der Waals surface area contributed by atoms with Crippen LogP contribution in [0.5, 0.6) is 0 Å². The summed E-state index contributed by atoms with van der Waals surface area (Å²) in [5.41, 5.74) is 2.44. The van der Waals surface area contributed by atoms with Crippen molar-refractivity contribution in [1.82, 2.24) is 4.57 Å². The Morgan fingerprint density at radius 2 is 2.05 bits per heavy atom. The second-order valence-electron chi connectivity index (χ2n) is 8.60. The van der Waals surface area contributed by atoms with E-state index in [9.17, 15) is 4.79 Å². The summed E-state index contributed by atoms with van der Waals surface area (Å²) in [5, 5.41) is 0. The van der Waals surface area contributed by atoms with Crippen molar-refractivity contribution in [3.05, 3.63) is 23.5 Å². The lowest BCUT2D eigenvalue weighted by Gasteiger charge is -2.34. The quantitative estimate of drug-likeness (QED) is 0.776. The third kappa shape index (κ3) is 2.10. The van der Waals surface area contributed by atoms with Gasteiger partial charge in [-0.25, -0.2) is 0 Å². The molecule has 0 saturated heterocycles.